The van der Waals surface area contributed by atoms with Gasteiger partial charge in [0.1, 0.15) is 0 Å². The molecule has 0 bridgehead atoms. The lowest BCUT2D eigenvalue weighted by atomic mass is 9.87. The van der Waals surface area contributed by atoms with Crippen LogP contribution in [0.4, 0.5) is 0 Å². The minimum Gasteiger partial charge on any atom is -0.493 e. The molecule has 0 radical (unpaired) electrons. The van der Waals surface area contributed by atoms with Crippen LogP contribution in [0.1, 0.15) is 22.7 Å². The van der Waals surface area contributed by atoms with E-state index >= 15 is 0 Å². The van der Waals surface area contributed by atoms with E-state index in [2.05, 4.69) is 22.3 Å². The third kappa shape index (κ3) is 4.74. The number of benzene rings is 2. The Labute approximate surface area is 177 Å². The smallest absolute Gasteiger partial charge is 0.241 e. The lowest BCUT2D eigenvalue weighted by molar-refractivity contribution is -0.131. The maximum Gasteiger partial charge on any atom is 0.241 e. The van der Waals surface area contributed by atoms with Gasteiger partial charge in [0.15, 0.2) is 11.5 Å². The molecular weight excluding hydrogens is 382 g/mol. The van der Waals surface area contributed by atoms with Gasteiger partial charge in [-0.1, -0.05) is 30.3 Å². The molecule has 0 saturated heterocycles. The highest BCUT2D eigenvalue weighted by atomic mass is 16.5. The van der Waals surface area contributed by atoms with Crippen molar-refractivity contribution < 1.29 is 19.1 Å². The maximum atomic E-state index is 12.6. The molecule has 2 aromatic carbocycles. The largest absolute Gasteiger partial charge is 0.493 e. The van der Waals surface area contributed by atoms with E-state index < -0.39 is 0 Å². The molecule has 30 heavy (non-hydrogen) atoms. The van der Waals surface area contributed by atoms with Crippen molar-refractivity contribution in [2.45, 2.75) is 12.5 Å². The lowest BCUT2D eigenvalue weighted by Crippen LogP contribution is -2.45. The van der Waals surface area contributed by atoms with E-state index in [4.69, 9.17) is 9.47 Å². The second-order valence-corrected chi connectivity index (χ2v) is 7.50. The van der Waals surface area contributed by atoms with Crippen LogP contribution in [0.5, 0.6) is 11.5 Å². The minimum absolute atomic E-state index is 0.00269. The first-order valence-electron chi connectivity index (χ1n) is 9.95. The van der Waals surface area contributed by atoms with Crippen LogP contribution in [-0.2, 0) is 16.0 Å². The van der Waals surface area contributed by atoms with Crippen molar-refractivity contribution in [3.05, 3.63) is 59.2 Å². The number of hydrogen-bond donors (Lipinski definition) is 1. The van der Waals surface area contributed by atoms with Gasteiger partial charge in [0, 0.05) is 20.6 Å². The number of ether oxygens (including phenoxy) is 2. The average molecular weight is 412 g/mol. The van der Waals surface area contributed by atoms with Crippen LogP contribution < -0.4 is 14.8 Å². The topological polar surface area (TPSA) is 71.1 Å². The van der Waals surface area contributed by atoms with Crippen molar-refractivity contribution in [1.82, 2.24) is 15.1 Å². The van der Waals surface area contributed by atoms with Crippen LogP contribution in [0.15, 0.2) is 42.5 Å². The Morgan fingerprint density at radius 2 is 1.77 bits per heavy atom. The highest BCUT2D eigenvalue weighted by Crippen LogP contribution is 2.40. The predicted molar refractivity (Wildman–Crippen MR) is 115 cm³/mol. The van der Waals surface area contributed by atoms with E-state index in [9.17, 15) is 9.59 Å². The predicted octanol–water partition coefficient (Wildman–Crippen LogP) is 1.86. The van der Waals surface area contributed by atoms with Crippen molar-refractivity contribution in [3.8, 4) is 11.5 Å². The van der Waals surface area contributed by atoms with Gasteiger partial charge in [0.05, 0.1) is 33.4 Å². The van der Waals surface area contributed by atoms with Crippen LogP contribution in [0.2, 0.25) is 0 Å². The quantitative estimate of drug-likeness (QED) is 0.753. The molecule has 1 heterocycles. The summed E-state index contributed by atoms with van der Waals surface area (Å²) in [6.07, 6.45) is 0.795. The fourth-order valence-corrected chi connectivity index (χ4v) is 3.77. The Hall–Kier alpha value is -3.06. The average Bonchev–Trinajstić information content (AvgIpc) is 2.76. The number of hydrogen-bond acceptors (Lipinski definition) is 5. The molecule has 2 amide bonds. The number of rotatable bonds is 7. The molecule has 1 atom stereocenters. The number of nitrogens with zero attached hydrogens (tertiary/aromatic N) is 2. The third-order valence-corrected chi connectivity index (χ3v) is 5.37. The number of amides is 2. The number of methoxy groups -OCH3 is 2. The highest BCUT2D eigenvalue weighted by Gasteiger charge is 2.31. The zero-order chi connectivity index (χ0) is 21.7. The molecule has 1 N–H and O–H groups in total. The van der Waals surface area contributed by atoms with Gasteiger partial charge in [0.2, 0.25) is 11.8 Å². The van der Waals surface area contributed by atoms with Crippen LogP contribution >= 0.6 is 0 Å². The molecule has 1 aliphatic heterocycles. The summed E-state index contributed by atoms with van der Waals surface area (Å²) in [5.41, 5.74) is 3.38. The molecule has 160 valence electrons. The molecule has 7 heteroatoms. The summed E-state index contributed by atoms with van der Waals surface area (Å²) in [6.45, 7) is 0.919. The summed E-state index contributed by atoms with van der Waals surface area (Å²) >= 11 is 0. The second kappa shape index (κ2) is 9.63. The van der Waals surface area contributed by atoms with Crippen LogP contribution in [-0.4, -0.2) is 69.6 Å². The van der Waals surface area contributed by atoms with Crippen molar-refractivity contribution in [1.29, 1.82) is 0 Å². The molecule has 0 spiro atoms. The Bertz CT molecular complexity index is 899. The molecule has 0 fully saturated rings. The fourth-order valence-electron chi connectivity index (χ4n) is 3.77. The Morgan fingerprint density at radius 3 is 2.40 bits per heavy atom. The van der Waals surface area contributed by atoms with Crippen molar-refractivity contribution in [2.75, 3.05) is 47.9 Å². The number of carbonyl (C=O) groups excluding carboxylic acids is 2. The molecule has 2 aromatic rings. The van der Waals surface area contributed by atoms with Gasteiger partial charge in [-0.25, -0.2) is 0 Å². The number of fused-ring (bicyclic) bond motifs is 1. The van der Waals surface area contributed by atoms with Crippen LogP contribution in [0, 0.1) is 0 Å². The van der Waals surface area contributed by atoms with E-state index in [0.29, 0.717) is 11.5 Å². The Morgan fingerprint density at radius 1 is 1.10 bits per heavy atom. The Kier molecular flexibility index (Phi) is 6.95. The van der Waals surface area contributed by atoms with Gasteiger partial charge < -0.3 is 19.7 Å². The summed E-state index contributed by atoms with van der Waals surface area (Å²) in [7, 11) is 6.59. The zero-order valence-electron chi connectivity index (χ0n) is 18.0. The van der Waals surface area contributed by atoms with E-state index in [1.165, 1.54) is 10.5 Å². The van der Waals surface area contributed by atoms with Gasteiger partial charge in [-0.05, 0) is 35.2 Å². The summed E-state index contributed by atoms with van der Waals surface area (Å²) in [4.78, 5) is 28.0. The van der Waals surface area contributed by atoms with Crippen molar-refractivity contribution >= 4 is 11.8 Å². The van der Waals surface area contributed by atoms with E-state index in [1.54, 1.807) is 28.3 Å². The molecule has 0 aromatic heterocycles. The number of likely N-dealkylation sites (N-methyl/N-ethyl adjacent to an activating group) is 1. The van der Waals surface area contributed by atoms with Crippen molar-refractivity contribution in [3.63, 3.8) is 0 Å². The van der Waals surface area contributed by atoms with Crippen LogP contribution in [0.25, 0.3) is 0 Å². The van der Waals surface area contributed by atoms with Gasteiger partial charge in [-0.15, -0.1) is 0 Å². The molecule has 1 aliphatic rings. The van der Waals surface area contributed by atoms with Gasteiger partial charge in [0.25, 0.3) is 0 Å². The zero-order valence-corrected chi connectivity index (χ0v) is 18.0. The number of nitrogens with one attached hydrogen (secondary N) is 1. The molecule has 0 saturated carbocycles. The van der Waals surface area contributed by atoms with Crippen LogP contribution in [0.3, 0.4) is 0 Å². The highest BCUT2D eigenvalue weighted by molar-refractivity contribution is 5.85. The second-order valence-electron chi connectivity index (χ2n) is 7.50. The van der Waals surface area contributed by atoms with Gasteiger partial charge in [-0.2, -0.15) is 0 Å². The first-order chi connectivity index (χ1) is 14.4. The lowest BCUT2D eigenvalue weighted by Gasteiger charge is -2.37. The van der Waals surface area contributed by atoms with Gasteiger partial charge >= 0.3 is 0 Å². The summed E-state index contributed by atoms with van der Waals surface area (Å²) in [5.74, 6) is 1.07. The fraction of sp³-hybridized carbons (Fsp3) is 0.391. The number of carbonyl (C=O) groups is 2. The first kappa shape index (κ1) is 21.6. The first-order valence-corrected chi connectivity index (χ1v) is 9.95. The maximum absolute atomic E-state index is 12.6. The standard InChI is InChI=1S/C23H29N3O4/c1-25(2)22(28)14-24-21(27)15-26-11-10-17-12-19(29-3)20(30-4)13-18(17)23(26)16-8-6-5-7-9-16/h5-9,12-13,23H,10-11,14-15H2,1-4H3,(H,24,27). The molecule has 1 unspecified atom stereocenters. The van der Waals surface area contributed by atoms with E-state index in [0.717, 1.165) is 24.1 Å². The third-order valence-electron chi connectivity index (χ3n) is 5.37. The SMILES string of the molecule is COc1cc2c(cc1OC)C(c1ccccc1)N(CC(=O)NCC(=O)N(C)C)CC2. The van der Waals surface area contributed by atoms with Crippen molar-refractivity contribution in [2.24, 2.45) is 0 Å². The van der Waals surface area contributed by atoms with E-state index in [-0.39, 0.29) is 30.9 Å². The Balaban J connectivity index is 1.89. The van der Waals surface area contributed by atoms with Gasteiger partial charge in [-0.3, -0.25) is 14.5 Å². The molecule has 7 nitrogen and oxygen atoms in total. The molecule has 0 aliphatic carbocycles. The summed E-state index contributed by atoms with van der Waals surface area (Å²) < 4.78 is 11.0. The minimum atomic E-state index is -0.171. The van der Waals surface area contributed by atoms with E-state index in [1.807, 2.05) is 30.3 Å². The normalized spacial score (nSPS) is 15.8. The summed E-state index contributed by atoms with van der Waals surface area (Å²) in [5, 5.41) is 2.73. The summed E-state index contributed by atoms with van der Waals surface area (Å²) in [6, 6.07) is 14.0. The monoisotopic (exact) mass is 411 g/mol. The molecule has 3 rings (SSSR count). The molecular formula is C23H29N3O4.